The Labute approximate surface area is 172 Å². The molecule has 6 nitrogen and oxygen atoms in total. The van der Waals surface area contributed by atoms with E-state index < -0.39 is 16.0 Å². The zero-order chi connectivity index (χ0) is 20.1. The Balaban J connectivity index is 2.13. The molecule has 0 bridgehead atoms. The van der Waals surface area contributed by atoms with Gasteiger partial charge in [-0.1, -0.05) is 36.8 Å². The van der Waals surface area contributed by atoms with Gasteiger partial charge in [-0.2, -0.15) is 8.42 Å². The quantitative estimate of drug-likeness (QED) is 0.499. The van der Waals surface area contributed by atoms with E-state index in [1.54, 1.807) is 22.9 Å². The van der Waals surface area contributed by atoms with Crippen LogP contribution in [-0.2, 0) is 32.5 Å². The number of fused-ring (bicyclic) bond motifs is 1. The molecular weight excluding hydrogens is 416 g/mol. The number of thiophene rings is 1. The zero-order valence-corrected chi connectivity index (χ0v) is 18.2. The molecule has 0 aliphatic rings. The maximum absolute atomic E-state index is 12.6. The van der Waals surface area contributed by atoms with E-state index in [-0.39, 0.29) is 22.2 Å². The van der Waals surface area contributed by atoms with Gasteiger partial charge in [0.2, 0.25) is 4.80 Å². The van der Waals surface area contributed by atoms with Crippen LogP contribution in [0.2, 0.25) is 0 Å². The fourth-order valence-electron chi connectivity index (χ4n) is 2.77. The lowest BCUT2D eigenvalue weighted by Crippen LogP contribution is -2.23. The van der Waals surface area contributed by atoms with Crippen LogP contribution < -0.4 is 4.80 Å². The topological polar surface area (TPSA) is 77.7 Å². The van der Waals surface area contributed by atoms with Crippen LogP contribution in [0.5, 0.6) is 0 Å². The summed E-state index contributed by atoms with van der Waals surface area (Å²) in [5.74, 6) is -0.424. The van der Waals surface area contributed by atoms with E-state index in [9.17, 15) is 13.2 Å². The van der Waals surface area contributed by atoms with Gasteiger partial charge in [0.1, 0.15) is 10.8 Å². The molecule has 2 heterocycles. The summed E-state index contributed by atoms with van der Waals surface area (Å²) in [5.41, 5.74) is 1.96. The molecule has 0 aliphatic heterocycles. The summed E-state index contributed by atoms with van der Waals surface area (Å²) in [6, 6.07) is 9.19. The molecule has 0 amide bonds. The molecule has 0 fully saturated rings. The van der Waals surface area contributed by atoms with Crippen molar-refractivity contribution in [2.75, 3.05) is 6.61 Å². The van der Waals surface area contributed by atoms with Gasteiger partial charge in [-0.25, -0.2) is 0 Å². The van der Waals surface area contributed by atoms with Crippen molar-refractivity contribution in [3.05, 3.63) is 46.1 Å². The number of aryl methyl sites for hydroxylation is 1. The number of unbranched alkanes of at least 4 members (excludes halogenated alkanes) is 1. The fraction of sp³-hybridized carbons (Fsp3) is 0.368. The summed E-state index contributed by atoms with van der Waals surface area (Å²) in [7, 11) is -3.83. The number of benzene rings is 1. The van der Waals surface area contributed by atoms with Crippen LogP contribution in [0.3, 0.4) is 0 Å². The van der Waals surface area contributed by atoms with Gasteiger partial charge in [0.25, 0.3) is 10.0 Å². The fourth-order valence-corrected chi connectivity index (χ4v) is 6.03. The summed E-state index contributed by atoms with van der Waals surface area (Å²) in [4.78, 5) is 12.3. The average Bonchev–Trinajstić information content (AvgIpc) is 3.29. The molecule has 0 saturated heterocycles. The lowest BCUT2D eigenvalue weighted by Gasteiger charge is -2.06. The number of carbonyl (C=O) groups excluding carboxylic acids is 1. The van der Waals surface area contributed by atoms with E-state index >= 15 is 0 Å². The summed E-state index contributed by atoms with van der Waals surface area (Å²) in [6.45, 7) is 4.06. The zero-order valence-electron chi connectivity index (χ0n) is 15.8. The highest BCUT2D eigenvalue weighted by Gasteiger charge is 2.17. The molecule has 3 rings (SSSR count). The Kier molecular flexibility index (Phi) is 6.69. The highest BCUT2D eigenvalue weighted by Crippen LogP contribution is 2.22. The third-order valence-corrected chi connectivity index (χ3v) is 7.90. The van der Waals surface area contributed by atoms with E-state index in [1.807, 2.05) is 18.2 Å². The van der Waals surface area contributed by atoms with Crippen molar-refractivity contribution < 1.29 is 17.9 Å². The van der Waals surface area contributed by atoms with Crippen LogP contribution in [0, 0.1) is 0 Å². The van der Waals surface area contributed by atoms with Crippen LogP contribution >= 0.6 is 22.7 Å². The van der Waals surface area contributed by atoms with E-state index in [4.69, 9.17) is 4.74 Å². The lowest BCUT2D eigenvalue weighted by molar-refractivity contribution is -0.143. The van der Waals surface area contributed by atoms with Crippen molar-refractivity contribution in [3.8, 4) is 0 Å². The number of thiazole rings is 1. The minimum atomic E-state index is -3.83. The number of rotatable bonds is 8. The number of carbonyl (C=O) groups is 1. The van der Waals surface area contributed by atoms with Gasteiger partial charge < -0.3 is 9.30 Å². The molecule has 0 atom stereocenters. The van der Waals surface area contributed by atoms with E-state index in [0.29, 0.717) is 0 Å². The molecule has 0 unspecified atom stereocenters. The Morgan fingerprint density at radius 1 is 1.25 bits per heavy atom. The Bertz CT molecular complexity index is 1130. The number of esters is 1. The largest absolute Gasteiger partial charge is 0.465 e. The molecule has 0 radical (unpaired) electrons. The monoisotopic (exact) mass is 438 g/mol. The van der Waals surface area contributed by atoms with Crippen molar-refractivity contribution in [1.82, 2.24) is 4.57 Å². The van der Waals surface area contributed by atoms with Crippen LogP contribution in [-0.4, -0.2) is 25.6 Å². The predicted octanol–water partition coefficient (Wildman–Crippen LogP) is 3.96. The van der Waals surface area contributed by atoms with Crippen LogP contribution in [0.1, 0.15) is 32.3 Å². The molecule has 28 heavy (non-hydrogen) atoms. The average molecular weight is 439 g/mol. The van der Waals surface area contributed by atoms with Gasteiger partial charge in [-0.3, -0.25) is 4.79 Å². The van der Waals surface area contributed by atoms with Crippen molar-refractivity contribution in [3.63, 3.8) is 0 Å². The first-order chi connectivity index (χ1) is 13.4. The van der Waals surface area contributed by atoms with Gasteiger partial charge in [0.05, 0.1) is 16.8 Å². The normalized spacial score (nSPS) is 12.6. The van der Waals surface area contributed by atoms with Crippen molar-refractivity contribution in [2.45, 2.75) is 43.9 Å². The number of ether oxygens (including phenoxy) is 1. The van der Waals surface area contributed by atoms with Crippen molar-refractivity contribution >= 4 is 48.9 Å². The number of sulfonamides is 1. The summed E-state index contributed by atoms with van der Waals surface area (Å²) in [5, 5.41) is 1.69. The molecular formula is C19H22N2O4S3. The molecule has 9 heteroatoms. The first kappa shape index (κ1) is 20.8. The minimum absolute atomic E-state index is 0.0824. The highest BCUT2D eigenvalue weighted by atomic mass is 32.2. The second-order valence-corrected chi connectivity index (χ2v) is 9.97. The first-order valence-corrected chi connectivity index (χ1v) is 12.2. The SMILES string of the molecule is CCCCc1ccc2c(c1)sc(=NS(=O)(=O)c1cccs1)n2CC(=O)OCC. The number of hydrogen-bond acceptors (Lipinski definition) is 6. The molecule has 0 aliphatic carbocycles. The minimum Gasteiger partial charge on any atom is -0.465 e. The standard InChI is InChI=1S/C19H22N2O4S3/c1-3-5-7-14-9-10-15-16(12-14)27-19(21(15)13-17(22)25-4-2)20-28(23,24)18-8-6-11-26-18/h6,8-12H,3-5,7,13H2,1-2H3. The number of aromatic nitrogens is 1. The van der Waals surface area contributed by atoms with Gasteiger partial charge in [0.15, 0.2) is 0 Å². The molecule has 0 saturated carbocycles. The smallest absolute Gasteiger partial charge is 0.326 e. The predicted molar refractivity (Wildman–Crippen MR) is 112 cm³/mol. The van der Waals surface area contributed by atoms with Crippen LogP contribution in [0.15, 0.2) is 44.3 Å². The third kappa shape index (κ3) is 4.71. The van der Waals surface area contributed by atoms with E-state index in [0.717, 1.165) is 40.8 Å². The van der Waals surface area contributed by atoms with Crippen molar-refractivity contribution in [2.24, 2.45) is 4.40 Å². The van der Waals surface area contributed by atoms with Gasteiger partial charge in [-0.15, -0.1) is 15.7 Å². The lowest BCUT2D eigenvalue weighted by atomic mass is 10.1. The second kappa shape index (κ2) is 9.02. The Morgan fingerprint density at radius 3 is 2.75 bits per heavy atom. The summed E-state index contributed by atoms with van der Waals surface area (Å²) >= 11 is 2.39. The molecule has 3 aromatic rings. The van der Waals surface area contributed by atoms with E-state index in [1.165, 1.54) is 23.0 Å². The van der Waals surface area contributed by atoms with E-state index in [2.05, 4.69) is 11.3 Å². The third-order valence-electron chi connectivity index (χ3n) is 4.11. The first-order valence-electron chi connectivity index (χ1n) is 9.07. The van der Waals surface area contributed by atoms with Crippen LogP contribution in [0.25, 0.3) is 10.2 Å². The van der Waals surface area contributed by atoms with Gasteiger partial charge >= 0.3 is 5.97 Å². The van der Waals surface area contributed by atoms with Crippen molar-refractivity contribution in [1.29, 1.82) is 0 Å². The number of nitrogens with zero attached hydrogens (tertiary/aromatic N) is 2. The maximum atomic E-state index is 12.6. The van der Waals surface area contributed by atoms with Gasteiger partial charge in [-0.05, 0) is 48.9 Å². The Morgan fingerprint density at radius 2 is 2.07 bits per heavy atom. The number of hydrogen-bond donors (Lipinski definition) is 0. The molecule has 2 aromatic heterocycles. The second-order valence-electron chi connectivity index (χ2n) is 6.18. The molecule has 0 spiro atoms. The molecule has 0 N–H and O–H groups in total. The molecule has 1 aromatic carbocycles. The van der Waals surface area contributed by atoms with Gasteiger partial charge in [0, 0.05) is 0 Å². The Hall–Kier alpha value is -1.97. The maximum Gasteiger partial charge on any atom is 0.326 e. The summed E-state index contributed by atoms with van der Waals surface area (Å²) < 4.78 is 37.0. The molecule has 150 valence electrons. The summed E-state index contributed by atoms with van der Waals surface area (Å²) in [6.07, 6.45) is 3.15. The van der Waals surface area contributed by atoms with Crippen LogP contribution in [0.4, 0.5) is 0 Å². The highest BCUT2D eigenvalue weighted by molar-refractivity contribution is 7.92.